The highest BCUT2D eigenvalue weighted by molar-refractivity contribution is 6.09. The smallest absolute Gasteiger partial charge is 0.231 e. The summed E-state index contributed by atoms with van der Waals surface area (Å²) in [6.07, 6.45) is 0. The van der Waals surface area contributed by atoms with E-state index in [0.29, 0.717) is 22.8 Å². The highest BCUT2D eigenvalue weighted by atomic mass is 19.1. The molecule has 0 unspecified atom stereocenters. The van der Waals surface area contributed by atoms with Crippen LogP contribution in [0.5, 0.6) is 5.75 Å². The van der Waals surface area contributed by atoms with Gasteiger partial charge in [0.2, 0.25) is 5.78 Å². The highest BCUT2D eigenvalue weighted by Gasteiger charge is 2.19. The third-order valence-electron chi connectivity index (χ3n) is 3.12. The maximum atomic E-state index is 13.6. The zero-order valence-corrected chi connectivity index (χ0v) is 11.0. The van der Waals surface area contributed by atoms with Gasteiger partial charge in [-0.25, -0.2) is 8.78 Å². The Morgan fingerprint density at radius 3 is 2.62 bits per heavy atom. The molecular weight excluding hydrogens is 278 g/mol. The lowest BCUT2D eigenvalue weighted by Crippen LogP contribution is -2.03. The molecule has 21 heavy (non-hydrogen) atoms. The van der Waals surface area contributed by atoms with Gasteiger partial charge in [-0.1, -0.05) is 0 Å². The summed E-state index contributed by atoms with van der Waals surface area (Å²) in [4.78, 5) is 12.2. The number of ether oxygens (including phenoxy) is 1. The Labute approximate surface area is 118 Å². The predicted molar refractivity (Wildman–Crippen MR) is 72.6 cm³/mol. The number of methoxy groups -OCH3 is 1. The number of carbonyl (C=O) groups is 1. The van der Waals surface area contributed by atoms with E-state index in [1.807, 2.05) is 0 Å². The van der Waals surface area contributed by atoms with Crippen LogP contribution in [0.15, 0.2) is 46.9 Å². The van der Waals surface area contributed by atoms with E-state index in [1.165, 1.54) is 13.2 Å². The van der Waals surface area contributed by atoms with E-state index in [2.05, 4.69) is 0 Å². The van der Waals surface area contributed by atoms with Crippen molar-refractivity contribution in [3.63, 3.8) is 0 Å². The van der Waals surface area contributed by atoms with E-state index in [9.17, 15) is 13.6 Å². The lowest BCUT2D eigenvalue weighted by atomic mass is 10.1. The molecule has 0 saturated carbocycles. The summed E-state index contributed by atoms with van der Waals surface area (Å²) >= 11 is 0. The Morgan fingerprint density at radius 1 is 1.10 bits per heavy atom. The summed E-state index contributed by atoms with van der Waals surface area (Å²) in [6.45, 7) is 0. The van der Waals surface area contributed by atoms with Gasteiger partial charge in [-0.15, -0.1) is 0 Å². The van der Waals surface area contributed by atoms with E-state index >= 15 is 0 Å². The number of halogens is 2. The fourth-order valence-corrected chi connectivity index (χ4v) is 2.07. The van der Waals surface area contributed by atoms with Gasteiger partial charge >= 0.3 is 0 Å². The molecule has 0 amide bonds. The fraction of sp³-hybridized carbons (Fsp3) is 0.0625. The molecule has 3 aromatic rings. The maximum absolute atomic E-state index is 13.6. The monoisotopic (exact) mass is 288 g/mol. The first-order valence-electron chi connectivity index (χ1n) is 6.16. The van der Waals surface area contributed by atoms with Gasteiger partial charge in [0.1, 0.15) is 23.0 Å². The van der Waals surface area contributed by atoms with Crippen molar-refractivity contribution < 1.29 is 22.7 Å². The van der Waals surface area contributed by atoms with Gasteiger partial charge in [-0.05, 0) is 36.4 Å². The van der Waals surface area contributed by atoms with Crippen molar-refractivity contribution in [2.75, 3.05) is 7.11 Å². The minimum Gasteiger partial charge on any atom is -0.497 e. The van der Waals surface area contributed by atoms with Crippen LogP contribution in [0.3, 0.4) is 0 Å². The number of benzene rings is 2. The first kappa shape index (κ1) is 13.3. The summed E-state index contributed by atoms with van der Waals surface area (Å²) in [5, 5.41) is 0.667. The number of hydrogen-bond donors (Lipinski definition) is 0. The van der Waals surface area contributed by atoms with Gasteiger partial charge in [-0.2, -0.15) is 0 Å². The predicted octanol–water partition coefficient (Wildman–Crippen LogP) is 3.95. The fourth-order valence-electron chi connectivity index (χ4n) is 2.07. The van der Waals surface area contributed by atoms with E-state index in [1.54, 1.807) is 18.2 Å². The van der Waals surface area contributed by atoms with Crippen LogP contribution in [-0.2, 0) is 0 Å². The number of furan rings is 1. The van der Waals surface area contributed by atoms with E-state index in [-0.39, 0.29) is 11.3 Å². The van der Waals surface area contributed by atoms with Gasteiger partial charge in [0.25, 0.3) is 0 Å². The van der Waals surface area contributed by atoms with Crippen LogP contribution in [0.25, 0.3) is 11.0 Å². The second-order valence-corrected chi connectivity index (χ2v) is 4.47. The molecular formula is C16H10F2O3. The summed E-state index contributed by atoms with van der Waals surface area (Å²) in [7, 11) is 1.53. The zero-order valence-electron chi connectivity index (χ0n) is 11.0. The molecule has 1 heterocycles. The maximum Gasteiger partial charge on any atom is 0.231 e. The largest absolute Gasteiger partial charge is 0.497 e. The summed E-state index contributed by atoms with van der Waals surface area (Å²) in [5.41, 5.74) is 0.254. The van der Waals surface area contributed by atoms with Crippen molar-refractivity contribution in [2.24, 2.45) is 0 Å². The zero-order chi connectivity index (χ0) is 15.0. The van der Waals surface area contributed by atoms with Gasteiger partial charge in [0.05, 0.1) is 12.7 Å². The van der Waals surface area contributed by atoms with E-state index < -0.39 is 17.4 Å². The van der Waals surface area contributed by atoms with Crippen LogP contribution >= 0.6 is 0 Å². The van der Waals surface area contributed by atoms with Crippen molar-refractivity contribution in [2.45, 2.75) is 0 Å². The summed E-state index contributed by atoms with van der Waals surface area (Å²) < 4.78 is 37.0. The topological polar surface area (TPSA) is 39.4 Å². The van der Waals surface area contributed by atoms with Crippen LogP contribution in [0.2, 0.25) is 0 Å². The second kappa shape index (κ2) is 5.01. The van der Waals surface area contributed by atoms with Crippen LogP contribution in [0, 0.1) is 11.6 Å². The quantitative estimate of drug-likeness (QED) is 0.685. The van der Waals surface area contributed by atoms with E-state index in [4.69, 9.17) is 9.15 Å². The molecule has 0 aliphatic carbocycles. The van der Waals surface area contributed by atoms with Crippen molar-refractivity contribution in [1.82, 2.24) is 0 Å². The molecule has 0 saturated heterocycles. The minimum absolute atomic E-state index is 0.0104. The molecule has 0 atom stereocenters. The number of ketones is 1. The molecule has 0 fully saturated rings. The standard InChI is InChI=1S/C16H10F2O3/c1-20-11-3-5-14-9(6-11)7-15(21-14)16(19)12-4-2-10(17)8-13(12)18/h2-8H,1H3. The normalized spacial score (nSPS) is 10.8. The molecule has 3 rings (SSSR count). The Hall–Kier alpha value is -2.69. The summed E-state index contributed by atoms with van der Waals surface area (Å²) in [5.74, 6) is -1.68. The second-order valence-electron chi connectivity index (χ2n) is 4.47. The van der Waals surface area contributed by atoms with Crippen LogP contribution in [0.4, 0.5) is 8.78 Å². The SMILES string of the molecule is COc1ccc2oc(C(=O)c3ccc(F)cc3F)cc2c1. The minimum atomic E-state index is -0.918. The lowest BCUT2D eigenvalue weighted by Gasteiger charge is -1.99. The van der Waals surface area contributed by atoms with Crippen molar-refractivity contribution >= 4 is 16.8 Å². The molecule has 5 heteroatoms. The van der Waals surface area contributed by atoms with Crippen LogP contribution in [-0.4, -0.2) is 12.9 Å². The molecule has 3 nitrogen and oxygen atoms in total. The van der Waals surface area contributed by atoms with Crippen molar-refractivity contribution in [3.05, 3.63) is 65.4 Å². The Morgan fingerprint density at radius 2 is 1.90 bits per heavy atom. The highest BCUT2D eigenvalue weighted by Crippen LogP contribution is 2.26. The van der Waals surface area contributed by atoms with Crippen molar-refractivity contribution in [3.8, 4) is 5.75 Å². The number of hydrogen-bond acceptors (Lipinski definition) is 3. The number of carbonyl (C=O) groups excluding carboxylic acids is 1. The molecule has 0 aliphatic heterocycles. The molecule has 1 aromatic heterocycles. The molecule has 106 valence electrons. The Bertz CT molecular complexity index is 837. The van der Waals surface area contributed by atoms with Gasteiger partial charge in [-0.3, -0.25) is 4.79 Å². The average Bonchev–Trinajstić information content (AvgIpc) is 2.89. The van der Waals surface area contributed by atoms with E-state index in [0.717, 1.165) is 12.1 Å². The molecule has 0 spiro atoms. The lowest BCUT2D eigenvalue weighted by molar-refractivity contribution is 0.101. The van der Waals surface area contributed by atoms with Crippen LogP contribution < -0.4 is 4.74 Å². The van der Waals surface area contributed by atoms with Crippen LogP contribution in [0.1, 0.15) is 16.1 Å². The molecule has 2 aromatic carbocycles. The number of rotatable bonds is 3. The molecule has 0 radical (unpaired) electrons. The third-order valence-corrected chi connectivity index (χ3v) is 3.12. The molecule has 0 bridgehead atoms. The van der Waals surface area contributed by atoms with Gasteiger partial charge in [0.15, 0.2) is 5.76 Å². The molecule has 0 aliphatic rings. The summed E-state index contributed by atoms with van der Waals surface area (Å²) in [6, 6.07) is 9.35. The Kier molecular flexibility index (Phi) is 3.17. The first-order chi connectivity index (χ1) is 10.1. The Balaban J connectivity index is 2.05. The van der Waals surface area contributed by atoms with Gasteiger partial charge < -0.3 is 9.15 Å². The first-order valence-corrected chi connectivity index (χ1v) is 6.16. The molecule has 0 N–H and O–H groups in total. The average molecular weight is 288 g/mol. The van der Waals surface area contributed by atoms with Crippen molar-refractivity contribution in [1.29, 1.82) is 0 Å². The third kappa shape index (κ3) is 2.38. The number of fused-ring (bicyclic) bond motifs is 1. The van der Waals surface area contributed by atoms with Gasteiger partial charge in [0, 0.05) is 11.5 Å².